The number of nitrogens with zero attached hydrogens (tertiary/aromatic N) is 2. The monoisotopic (exact) mass is 442 g/mol. The van der Waals surface area contributed by atoms with Crippen molar-refractivity contribution in [1.29, 1.82) is 0 Å². The summed E-state index contributed by atoms with van der Waals surface area (Å²) >= 11 is 1.21. The molecule has 0 atom stereocenters. The SMILES string of the molecule is CCOc1cc(/C=N\NC(=O)c2cc3cc([N+](=O)[O-])ccc3s2)ccc1OCC(N)=O. The predicted molar refractivity (Wildman–Crippen MR) is 116 cm³/mol. The van der Waals surface area contributed by atoms with Crippen molar-refractivity contribution in [3.63, 3.8) is 0 Å². The standard InChI is InChI=1S/C20H18N4O6S/c1-2-29-16-7-12(3-5-15(16)30-11-19(21)25)10-22-23-20(26)18-9-13-8-14(24(27)28)4-6-17(13)31-18/h3-10H,2,11H2,1H3,(H2,21,25)(H,23,26)/b22-10-. The van der Waals surface area contributed by atoms with Gasteiger partial charge in [-0.2, -0.15) is 5.10 Å². The van der Waals surface area contributed by atoms with Crippen LogP contribution >= 0.6 is 11.3 Å². The topological polar surface area (TPSA) is 146 Å². The van der Waals surface area contributed by atoms with Crippen molar-refractivity contribution in [3.05, 3.63) is 63.0 Å². The molecule has 11 heteroatoms. The third-order valence-corrected chi connectivity index (χ3v) is 5.07. The van der Waals surface area contributed by atoms with Gasteiger partial charge in [-0.3, -0.25) is 19.7 Å². The van der Waals surface area contributed by atoms with Gasteiger partial charge in [0.25, 0.3) is 17.5 Å². The number of hydrogen-bond acceptors (Lipinski definition) is 8. The van der Waals surface area contributed by atoms with Crippen molar-refractivity contribution < 1.29 is 24.0 Å². The number of hydrogen-bond donors (Lipinski definition) is 2. The summed E-state index contributed by atoms with van der Waals surface area (Å²) in [4.78, 5) is 34.0. The molecule has 0 saturated carbocycles. The molecule has 2 aromatic carbocycles. The molecule has 0 aliphatic carbocycles. The van der Waals surface area contributed by atoms with Crippen molar-refractivity contribution in [2.75, 3.05) is 13.2 Å². The number of carbonyl (C=O) groups excluding carboxylic acids is 2. The molecule has 0 saturated heterocycles. The van der Waals surface area contributed by atoms with Crippen LogP contribution in [0, 0.1) is 10.1 Å². The highest BCUT2D eigenvalue weighted by molar-refractivity contribution is 7.20. The number of benzene rings is 2. The lowest BCUT2D eigenvalue weighted by molar-refractivity contribution is -0.384. The van der Waals surface area contributed by atoms with E-state index < -0.39 is 16.7 Å². The number of primary amides is 1. The van der Waals surface area contributed by atoms with E-state index in [1.807, 2.05) is 0 Å². The van der Waals surface area contributed by atoms with Crippen LogP contribution in [0.15, 0.2) is 47.6 Å². The number of hydrazone groups is 1. The van der Waals surface area contributed by atoms with Gasteiger partial charge in [0, 0.05) is 22.2 Å². The summed E-state index contributed by atoms with van der Waals surface area (Å²) in [5.41, 5.74) is 8.10. The van der Waals surface area contributed by atoms with Gasteiger partial charge in [0.15, 0.2) is 18.1 Å². The van der Waals surface area contributed by atoms with Crippen LogP contribution in [0.1, 0.15) is 22.2 Å². The van der Waals surface area contributed by atoms with Gasteiger partial charge >= 0.3 is 0 Å². The number of nitro benzene ring substituents is 1. The summed E-state index contributed by atoms with van der Waals surface area (Å²) in [6.07, 6.45) is 1.43. The minimum atomic E-state index is -0.605. The van der Waals surface area contributed by atoms with Crippen LogP contribution in [0.5, 0.6) is 11.5 Å². The maximum absolute atomic E-state index is 12.4. The first-order valence-corrected chi connectivity index (χ1v) is 9.88. The molecule has 160 valence electrons. The number of nitro groups is 1. The van der Waals surface area contributed by atoms with Crippen molar-refractivity contribution >= 4 is 45.1 Å². The first kappa shape index (κ1) is 21.7. The summed E-state index contributed by atoms with van der Waals surface area (Å²) in [5, 5.41) is 15.4. The Morgan fingerprint density at radius 3 is 2.71 bits per heavy atom. The first-order chi connectivity index (χ1) is 14.9. The van der Waals surface area contributed by atoms with Gasteiger partial charge < -0.3 is 15.2 Å². The van der Waals surface area contributed by atoms with E-state index in [-0.39, 0.29) is 12.3 Å². The zero-order valence-electron chi connectivity index (χ0n) is 16.4. The molecular weight excluding hydrogens is 424 g/mol. The van der Waals surface area contributed by atoms with E-state index in [9.17, 15) is 19.7 Å². The van der Waals surface area contributed by atoms with E-state index in [4.69, 9.17) is 15.2 Å². The molecule has 1 heterocycles. The fraction of sp³-hybridized carbons (Fsp3) is 0.150. The Bertz CT molecular complexity index is 1170. The minimum Gasteiger partial charge on any atom is -0.490 e. The molecule has 1 aromatic heterocycles. The van der Waals surface area contributed by atoms with E-state index in [2.05, 4.69) is 10.5 Å². The van der Waals surface area contributed by atoms with Crippen molar-refractivity contribution in [1.82, 2.24) is 5.43 Å². The number of ether oxygens (including phenoxy) is 2. The normalized spacial score (nSPS) is 10.9. The molecule has 2 amide bonds. The summed E-state index contributed by atoms with van der Waals surface area (Å²) in [6.45, 7) is 1.91. The van der Waals surface area contributed by atoms with Crippen LogP contribution in [0.25, 0.3) is 10.1 Å². The quantitative estimate of drug-likeness (QED) is 0.296. The van der Waals surface area contributed by atoms with E-state index in [1.54, 1.807) is 37.3 Å². The Morgan fingerprint density at radius 1 is 1.19 bits per heavy atom. The Kier molecular flexibility index (Phi) is 6.78. The molecular formula is C20H18N4O6S. The highest BCUT2D eigenvalue weighted by Gasteiger charge is 2.13. The number of non-ortho nitro benzene ring substituents is 1. The molecule has 31 heavy (non-hydrogen) atoms. The number of fused-ring (bicyclic) bond motifs is 1. The molecule has 0 radical (unpaired) electrons. The number of nitrogens with one attached hydrogen (secondary N) is 1. The highest BCUT2D eigenvalue weighted by Crippen LogP contribution is 2.29. The second-order valence-electron chi connectivity index (χ2n) is 6.18. The van der Waals surface area contributed by atoms with Gasteiger partial charge in [-0.05, 0) is 42.8 Å². The Hall–Kier alpha value is -3.99. The molecule has 0 bridgehead atoms. The lowest BCUT2D eigenvalue weighted by Gasteiger charge is -2.11. The van der Waals surface area contributed by atoms with Crippen LogP contribution in [-0.4, -0.2) is 36.2 Å². The van der Waals surface area contributed by atoms with Crippen molar-refractivity contribution in [2.45, 2.75) is 6.92 Å². The molecule has 0 aliphatic heterocycles. The minimum absolute atomic E-state index is 0.0383. The smallest absolute Gasteiger partial charge is 0.281 e. The zero-order chi connectivity index (χ0) is 22.4. The number of amides is 2. The van der Waals surface area contributed by atoms with Gasteiger partial charge in [-0.25, -0.2) is 5.43 Å². The number of carbonyl (C=O) groups is 2. The van der Waals surface area contributed by atoms with Crippen LogP contribution in [0.3, 0.4) is 0 Å². The molecule has 3 rings (SSSR count). The fourth-order valence-electron chi connectivity index (χ4n) is 2.62. The maximum atomic E-state index is 12.4. The van der Waals surface area contributed by atoms with E-state index >= 15 is 0 Å². The van der Waals surface area contributed by atoms with Crippen molar-refractivity contribution in [2.24, 2.45) is 10.8 Å². The maximum Gasteiger partial charge on any atom is 0.281 e. The van der Waals surface area contributed by atoms with E-state index in [1.165, 1.54) is 29.7 Å². The molecule has 3 N–H and O–H groups in total. The lowest BCUT2D eigenvalue weighted by Crippen LogP contribution is -2.20. The Balaban J connectivity index is 1.70. The fourth-order valence-corrected chi connectivity index (χ4v) is 3.55. The van der Waals surface area contributed by atoms with Gasteiger partial charge in [0.2, 0.25) is 0 Å². The highest BCUT2D eigenvalue weighted by atomic mass is 32.1. The summed E-state index contributed by atoms with van der Waals surface area (Å²) in [5.74, 6) is -0.274. The average molecular weight is 442 g/mol. The molecule has 10 nitrogen and oxygen atoms in total. The van der Waals surface area contributed by atoms with Crippen LogP contribution in [-0.2, 0) is 4.79 Å². The average Bonchev–Trinajstić information content (AvgIpc) is 3.16. The molecule has 0 aliphatic rings. The zero-order valence-corrected chi connectivity index (χ0v) is 17.2. The molecule has 0 spiro atoms. The predicted octanol–water partition coefficient (Wildman–Crippen LogP) is 2.84. The van der Waals surface area contributed by atoms with E-state index in [0.717, 1.165) is 4.70 Å². The Labute approximate surface area is 180 Å². The van der Waals surface area contributed by atoms with Crippen LogP contribution in [0.2, 0.25) is 0 Å². The van der Waals surface area contributed by atoms with Crippen molar-refractivity contribution in [3.8, 4) is 11.5 Å². The van der Waals surface area contributed by atoms with Gasteiger partial charge in [0.05, 0.1) is 22.6 Å². The van der Waals surface area contributed by atoms with Gasteiger partial charge in [0.1, 0.15) is 0 Å². The molecule has 3 aromatic rings. The number of nitrogens with two attached hydrogens (primary N) is 1. The van der Waals surface area contributed by atoms with Gasteiger partial charge in [-0.1, -0.05) is 0 Å². The second-order valence-corrected chi connectivity index (χ2v) is 7.27. The second kappa shape index (κ2) is 9.67. The Morgan fingerprint density at radius 2 is 2.00 bits per heavy atom. The summed E-state index contributed by atoms with van der Waals surface area (Å²) in [7, 11) is 0. The third kappa shape index (κ3) is 5.54. The molecule has 0 unspecified atom stereocenters. The first-order valence-electron chi connectivity index (χ1n) is 9.06. The molecule has 0 fully saturated rings. The summed E-state index contributed by atoms with van der Waals surface area (Å²) < 4.78 is 11.6. The largest absolute Gasteiger partial charge is 0.490 e. The number of thiophene rings is 1. The van der Waals surface area contributed by atoms with Crippen LogP contribution < -0.4 is 20.6 Å². The number of rotatable bonds is 9. The van der Waals surface area contributed by atoms with Crippen LogP contribution in [0.4, 0.5) is 5.69 Å². The van der Waals surface area contributed by atoms with Gasteiger partial charge in [-0.15, -0.1) is 11.3 Å². The lowest BCUT2D eigenvalue weighted by atomic mass is 10.2. The summed E-state index contributed by atoms with van der Waals surface area (Å²) in [6, 6.07) is 10.9. The third-order valence-electron chi connectivity index (χ3n) is 3.95. The van der Waals surface area contributed by atoms with E-state index in [0.29, 0.717) is 33.9 Å².